The number of aliphatic hydroxyl groups excluding tert-OH is 1. The quantitative estimate of drug-likeness (QED) is 0.871. The fourth-order valence-corrected chi connectivity index (χ4v) is 2.58. The van der Waals surface area contributed by atoms with Gasteiger partial charge in [0.15, 0.2) is 5.82 Å². The molecular formula is C13H20N2O2. The second kappa shape index (κ2) is 6.07. The van der Waals surface area contributed by atoms with Crippen LogP contribution in [0.25, 0.3) is 0 Å². The monoisotopic (exact) mass is 236 g/mol. The summed E-state index contributed by atoms with van der Waals surface area (Å²) >= 11 is 0. The zero-order valence-corrected chi connectivity index (χ0v) is 10.3. The number of aliphatic hydroxyl groups is 1. The van der Waals surface area contributed by atoms with Gasteiger partial charge in [0.05, 0.1) is 12.3 Å². The first-order valence-corrected chi connectivity index (χ1v) is 6.30. The third kappa shape index (κ3) is 3.01. The van der Waals surface area contributed by atoms with Gasteiger partial charge < -0.3 is 9.84 Å². The standard InChI is InChI=1S/C13H20N2O2/c1-17-12(10-5-3-2-4-6-10)13-14-8-7-11(9-16)15-13/h7-8,10,12,16H,2-6,9H2,1H3. The van der Waals surface area contributed by atoms with Crippen molar-refractivity contribution in [1.29, 1.82) is 0 Å². The van der Waals surface area contributed by atoms with Crippen molar-refractivity contribution in [2.45, 2.75) is 44.8 Å². The van der Waals surface area contributed by atoms with Gasteiger partial charge in [-0.15, -0.1) is 0 Å². The van der Waals surface area contributed by atoms with Crippen LogP contribution in [-0.2, 0) is 11.3 Å². The fourth-order valence-electron chi connectivity index (χ4n) is 2.58. The van der Waals surface area contributed by atoms with E-state index in [4.69, 9.17) is 9.84 Å². The summed E-state index contributed by atoms with van der Waals surface area (Å²) < 4.78 is 5.57. The largest absolute Gasteiger partial charge is 0.390 e. The Kier molecular flexibility index (Phi) is 4.45. The highest BCUT2D eigenvalue weighted by Crippen LogP contribution is 2.34. The van der Waals surface area contributed by atoms with Crippen molar-refractivity contribution >= 4 is 0 Å². The molecule has 4 nitrogen and oxygen atoms in total. The van der Waals surface area contributed by atoms with Crippen LogP contribution in [0.15, 0.2) is 12.3 Å². The Balaban J connectivity index is 2.15. The lowest BCUT2D eigenvalue weighted by Crippen LogP contribution is -2.20. The molecule has 0 aliphatic heterocycles. The molecule has 4 heteroatoms. The van der Waals surface area contributed by atoms with Crippen molar-refractivity contribution in [3.63, 3.8) is 0 Å². The van der Waals surface area contributed by atoms with Gasteiger partial charge in [-0.3, -0.25) is 0 Å². The van der Waals surface area contributed by atoms with Crippen LogP contribution in [-0.4, -0.2) is 22.2 Å². The molecule has 1 aliphatic carbocycles. The first-order chi connectivity index (χ1) is 8.35. The van der Waals surface area contributed by atoms with E-state index in [0.29, 0.717) is 17.4 Å². The number of hydrogen-bond acceptors (Lipinski definition) is 4. The molecule has 2 rings (SSSR count). The summed E-state index contributed by atoms with van der Waals surface area (Å²) in [6, 6.07) is 1.73. The molecule has 0 radical (unpaired) electrons. The molecule has 0 bridgehead atoms. The van der Waals surface area contributed by atoms with Crippen LogP contribution < -0.4 is 0 Å². The number of hydrogen-bond donors (Lipinski definition) is 1. The number of methoxy groups -OCH3 is 1. The summed E-state index contributed by atoms with van der Waals surface area (Å²) in [7, 11) is 1.72. The van der Waals surface area contributed by atoms with Crippen LogP contribution >= 0.6 is 0 Å². The van der Waals surface area contributed by atoms with Crippen LogP contribution in [0.2, 0.25) is 0 Å². The summed E-state index contributed by atoms with van der Waals surface area (Å²) in [6.45, 7) is -0.0450. The highest BCUT2D eigenvalue weighted by atomic mass is 16.5. The number of rotatable bonds is 4. The Morgan fingerprint density at radius 3 is 2.82 bits per heavy atom. The highest BCUT2D eigenvalue weighted by Gasteiger charge is 2.27. The SMILES string of the molecule is COC(c1nccc(CO)n1)C1CCCCC1. The normalized spacial score (nSPS) is 19.2. The second-order valence-corrected chi connectivity index (χ2v) is 4.62. The second-order valence-electron chi connectivity index (χ2n) is 4.62. The van der Waals surface area contributed by atoms with E-state index in [1.54, 1.807) is 19.4 Å². The fraction of sp³-hybridized carbons (Fsp3) is 0.692. The zero-order valence-electron chi connectivity index (χ0n) is 10.3. The molecule has 1 aromatic heterocycles. The van der Waals surface area contributed by atoms with E-state index >= 15 is 0 Å². The van der Waals surface area contributed by atoms with E-state index in [2.05, 4.69) is 9.97 Å². The van der Waals surface area contributed by atoms with E-state index in [-0.39, 0.29) is 12.7 Å². The zero-order chi connectivity index (χ0) is 12.1. The third-order valence-electron chi connectivity index (χ3n) is 3.48. The Labute approximate surface area is 102 Å². The maximum Gasteiger partial charge on any atom is 0.157 e. The van der Waals surface area contributed by atoms with Gasteiger partial charge >= 0.3 is 0 Å². The van der Waals surface area contributed by atoms with Crippen molar-refractivity contribution in [2.24, 2.45) is 5.92 Å². The molecule has 0 aromatic carbocycles. The number of ether oxygens (including phenoxy) is 1. The minimum Gasteiger partial charge on any atom is -0.390 e. The number of aromatic nitrogens is 2. The first kappa shape index (κ1) is 12.5. The average Bonchev–Trinajstić information content (AvgIpc) is 2.41. The molecule has 1 unspecified atom stereocenters. The predicted molar refractivity (Wildman–Crippen MR) is 64.3 cm³/mol. The smallest absolute Gasteiger partial charge is 0.157 e. The van der Waals surface area contributed by atoms with Gasteiger partial charge in [-0.05, 0) is 24.8 Å². The van der Waals surface area contributed by atoms with E-state index in [0.717, 1.165) is 0 Å². The summed E-state index contributed by atoms with van der Waals surface area (Å²) in [5, 5.41) is 9.10. The molecule has 1 aliphatic rings. The predicted octanol–water partition coefficient (Wildman–Crippen LogP) is 2.24. The Bertz CT molecular complexity index is 351. The summed E-state index contributed by atoms with van der Waals surface area (Å²) in [4.78, 5) is 8.64. The molecule has 1 aromatic rings. The average molecular weight is 236 g/mol. The summed E-state index contributed by atoms with van der Waals surface area (Å²) in [5.41, 5.74) is 0.660. The summed E-state index contributed by atoms with van der Waals surface area (Å²) in [5.74, 6) is 1.23. The maximum absolute atomic E-state index is 9.10. The van der Waals surface area contributed by atoms with Gasteiger partial charge in [-0.2, -0.15) is 0 Å². The Morgan fingerprint density at radius 1 is 1.41 bits per heavy atom. The van der Waals surface area contributed by atoms with E-state index in [1.165, 1.54) is 32.1 Å². The first-order valence-electron chi connectivity index (χ1n) is 6.30. The van der Waals surface area contributed by atoms with Crippen molar-refractivity contribution in [3.8, 4) is 0 Å². The lowest BCUT2D eigenvalue weighted by molar-refractivity contribution is 0.0285. The molecule has 0 saturated heterocycles. The molecule has 1 fully saturated rings. The lowest BCUT2D eigenvalue weighted by Gasteiger charge is -2.28. The van der Waals surface area contributed by atoms with Crippen molar-refractivity contribution in [1.82, 2.24) is 9.97 Å². The van der Waals surface area contributed by atoms with Crippen molar-refractivity contribution < 1.29 is 9.84 Å². The van der Waals surface area contributed by atoms with Crippen LogP contribution in [0.3, 0.4) is 0 Å². The maximum atomic E-state index is 9.10. The molecule has 1 atom stereocenters. The minimum absolute atomic E-state index is 0.0261. The highest BCUT2D eigenvalue weighted by molar-refractivity contribution is 5.04. The van der Waals surface area contributed by atoms with Gasteiger partial charge in [0.2, 0.25) is 0 Å². The van der Waals surface area contributed by atoms with Crippen molar-refractivity contribution in [2.75, 3.05) is 7.11 Å². The van der Waals surface area contributed by atoms with Crippen LogP contribution in [0.5, 0.6) is 0 Å². The van der Waals surface area contributed by atoms with Crippen molar-refractivity contribution in [3.05, 3.63) is 23.8 Å². The van der Waals surface area contributed by atoms with Gasteiger partial charge in [0.25, 0.3) is 0 Å². The van der Waals surface area contributed by atoms with E-state index in [1.807, 2.05) is 0 Å². The van der Waals surface area contributed by atoms with E-state index < -0.39 is 0 Å². The lowest BCUT2D eigenvalue weighted by atomic mass is 9.85. The van der Waals surface area contributed by atoms with Gasteiger partial charge in [-0.25, -0.2) is 9.97 Å². The summed E-state index contributed by atoms with van der Waals surface area (Å²) in [6.07, 6.45) is 7.90. The molecule has 1 heterocycles. The van der Waals surface area contributed by atoms with Gasteiger partial charge in [-0.1, -0.05) is 19.3 Å². The third-order valence-corrected chi connectivity index (χ3v) is 3.48. The van der Waals surface area contributed by atoms with Gasteiger partial charge in [0, 0.05) is 13.3 Å². The molecule has 1 N–H and O–H groups in total. The van der Waals surface area contributed by atoms with Crippen LogP contribution in [0, 0.1) is 5.92 Å². The molecule has 0 amide bonds. The molecule has 17 heavy (non-hydrogen) atoms. The number of nitrogens with zero attached hydrogens (tertiary/aromatic N) is 2. The van der Waals surface area contributed by atoms with Crippen LogP contribution in [0.4, 0.5) is 0 Å². The van der Waals surface area contributed by atoms with E-state index in [9.17, 15) is 0 Å². The van der Waals surface area contributed by atoms with Gasteiger partial charge in [0.1, 0.15) is 6.10 Å². The molecule has 1 saturated carbocycles. The molecule has 0 spiro atoms. The molecule has 94 valence electrons. The minimum atomic E-state index is -0.0450. The Morgan fingerprint density at radius 2 is 2.18 bits per heavy atom. The molecular weight excluding hydrogens is 216 g/mol. The van der Waals surface area contributed by atoms with Crippen LogP contribution in [0.1, 0.15) is 49.7 Å². The Hall–Kier alpha value is -1.00. The topological polar surface area (TPSA) is 55.2 Å².